The van der Waals surface area contributed by atoms with Crippen molar-refractivity contribution in [2.75, 3.05) is 13.1 Å². The molecular formula is C24H29FN2O2. The maximum atomic E-state index is 13.3. The zero-order chi connectivity index (χ0) is 21.2. The first kappa shape index (κ1) is 21.0. The lowest BCUT2D eigenvalue weighted by molar-refractivity contribution is -0.133. The normalized spacial score (nSPS) is 19.3. The maximum Gasteiger partial charge on any atom is 0.228 e. The Labute approximate surface area is 172 Å². The Kier molecular flexibility index (Phi) is 5.78. The molecule has 2 aromatic carbocycles. The average Bonchev–Trinajstić information content (AvgIpc) is 3.07. The highest BCUT2D eigenvalue weighted by molar-refractivity contribution is 5.86. The van der Waals surface area contributed by atoms with E-state index in [0.717, 1.165) is 16.7 Å². The smallest absolute Gasteiger partial charge is 0.228 e. The van der Waals surface area contributed by atoms with Crippen LogP contribution in [0, 0.1) is 11.2 Å². The largest absolute Gasteiger partial charge is 0.351 e. The highest BCUT2D eigenvalue weighted by Crippen LogP contribution is 2.36. The van der Waals surface area contributed by atoms with Gasteiger partial charge in [0.1, 0.15) is 5.82 Å². The maximum absolute atomic E-state index is 13.3. The summed E-state index contributed by atoms with van der Waals surface area (Å²) in [6.45, 7) is 8.45. The molecule has 1 atom stereocenters. The van der Waals surface area contributed by atoms with E-state index in [-0.39, 0.29) is 23.2 Å². The molecule has 0 aromatic heterocycles. The predicted molar refractivity (Wildman–Crippen MR) is 113 cm³/mol. The van der Waals surface area contributed by atoms with Crippen molar-refractivity contribution in [2.45, 2.75) is 46.1 Å². The minimum atomic E-state index is -0.652. The Morgan fingerprint density at radius 3 is 2.38 bits per heavy atom. The second-order valence-electron chi connectivity index (χ2n) is 9.06. The Balaban J connectivity index is 1.90. The second kappa shape index (κ2) is 7.97. The molecule has 5 heteroatoms. The summed E-state index contributed by atoms with van der Waals surface area (Å²) < 4.78 is 13.3. The van der Waals surface area contributed by atoms with Gasteiger partial charge >= 0.3 is 0 Å². The molecule has 0 radical (unpaired) electrons. The second-order valence-corrected chi connectivity index (χ2v) is 9.06. The molecule has 154 valence electrons. The van der Waals surface area contributed by atoms with Crippen LogP contribution >= 0.6 is 0 Å². The van der Waals surface area contributed by atoms with Crippen LogP contribution in [0.25, 0.3) is 11.1 Å². The summed E-state index contributed by atoms with van der Waals surface area (Å²) in [6, 6.07) is 14.4. The van der Waals surface area contributed by atoms with Gasteiger partial charge in [-0.05, 0) is 62.4 Å². The molecular weight excluding hydrogens is 367 g/mol. The highest BCUT2D eigenvalue weighted by atomic mass is 19.1. The number of carbonyl (C=O) groups is 2. The van der Waals surface area contributed by atoms with Gasteiger partial charge < -0.3 is 10.2 Å². The summed E-state index contributed by atoms with van der Waals surface area (Å²) in [6.07, 6.45) is 1.18. The van der Waals surface area contributed by atoms with Crippen molar-refractivity contribution in [3.63, 3.8) is 0 Å². The number of halogens is 1. The molecule has 1 unspecified atom stereocenters. The lowest BCUT2D eigenvalue weighted by Crippen LogP contribution is -2.51. The Bertz CT molecular complexity index is 902. The van der Waals surface area contributed by atoms with Crippen LogP contribution in [0.15, 0.2) is 48.5 Å². The summed E-state index contributed by atoms with van der Waals surface area (Å²) in [5.41, 5.74) is 1.94. The first-order chi connectivity index (χ1) is 13.6. The van der Waals surface area contributed by atoms with Gasteiger partial charge in [-0.1, -0.05) is 36.4 Å². The Morgan fingerprint density at radius 2 is 1.79 bits per heavy atom. The molecule has 4 nitrogen and oxygen atoms in total. The fourth-order valence-corrected chi connectivity index (χ4v) is 3.92. The first-order valence-corrected chi connectivity index (χ1v) is 10.0. The van der Waals surface area contributed by atoms with Crippen LogP contribution in [0.3, 0.4) is 0 Å². The van der Waals surface area contributed by atoms with Crippen molar-refractivity contribution < 1.29 is 14.0 Å². The number of likely N-dealkylation sites (tertiary alicyclic amines) is 1. The van der Waals surface area contributed by atoms with Gasteiger partial charge in [-0.15, -0.1) is 0 Å². The number of nitrogens with one attached hydrogen (secondary N) is 1. The first-order valence-electron chi connectivity index (χ1n) is 10.0. The van der Waals surface area contributed by atoms with Crippen molar-refractivity contribution in [1.82, 2.24) is 10.2 Å². The van der Waals surface area contributed by atoms with E-state index >= 15 is 0 Å². The van der Waals surface area contributed by atoms with Gasteiger partial charge in [0.25, 0.3) is 0 Å². The molecule has 1 fully saturated rings. The molecule has 2 aromatic rings. The van der Waals surface area contributed by atoms with Crippen LogP contribution in [-0.4, -0.2) is 35.3 Å². The van der Waals surface area contributed by atoms with Gasteiger partial charge in [0.05, 0.1) is 5.41 Å². The van der Waals surface area contributed by atoms with Gasteiger partial charge in [-0.2, -0.15) is 0 Å². The van der Waals surface area contributed by atoms with Gasteiger partial charge in [-0.3, -0.25) is 9.59 Å². The third kappa shape index (κ3) is 5.03. The molecule has 3 rings (SSSR count). The fourth-order valence-electron chi connectivity index (χ4n) is 3.92. The molecule has 29 heavy (non-hydrogen) atoms. The number of hydrogen-bond donors (Lipinski definition) is 1. The van der Waals surface area contributed by atoms with E-state index in [1.54, 1.807) is 24.0 Å². The topological polar surface area (TPSA) is 49.4 Å². The zero-order valence-corrected chi connectivity index (χ0v) is 17.6. The van der Waals surface area contributed by atoms with Gasteiger partial charge in [0.2, 0.25) is 11.8 Å². The molecule has 1 N–H and O–H groups in total. The van der Waals surface area contributed by atoms with E-state index in [9.17, 15) is 14.0 Å². The molecule has 0 bridgehead atoms. The average molecular weight is 397 g/mol. The Hall–Kier alpha value is -2.69. The van der Waals surface area contributed by atoms with E-state index in [1.165, 1.54) is 12.1 Å². The number of amides is 2. The van der Waals surface area contributed by atoms with E-state index in [2.05, 4.69) is 11.4 Å². The molecule has 0 aliphatic carbocycles. The lowest BCUT2D eigenvalue weighted by Gasteiger charge is -2.32. The molecule has 0 saturated carbocycles. The van der Waals surface area contributed by atoms with Crippen LogP contribution in [0.1, 0.15) is 39.7 Å². The van der Waals surface area contributed by atoms with Crippen molar-refractivity contribution >= 4 is 11.8 Å². The van der Waals surface area contributed by atoms with E-state index in [1.807, 2.05) is 39.0 Å². The molecule has 1 aliphatic rings. The van der Waals surface area contributed by atoms with Crippen LogP contribution in [0.4, 0.5) is 4.39 Å². The van der Waals surface area contributed by atoms with Crippen LogP contribution in [-0.2, 0) is 16.0 Å². The monoisotopic (exact) mass is 396 g/mol. The molecule has 1 aliphatic heterocycles. The number of carbonyl (C=O) groups excluding carboxylic acids is 2. The fraction of sp³-hybridized carbons (Fsp3) is 0.417. The van der Waals surface area contributed by atoms with Crippen molar-refractivity contribution in [2.24, 2.45) is 5.41 Å². The number of hydrogen-bond acceptors (Lipinski definition) is 2. The third-order valence-electron chi connectivity index (χ3n) is 5.42. The summed E-state index contributed by atoms with van der Waals surface area (Å²) in [4.78, 5) is 26.9. The third-order valence-corrected chi connectivity index (χ3v) is 5.42. The summed E-state index contributed by atoms with van der Waals surface area (Å²) in [5, 5.41) is 3.12. The predicted octanol–water partition coefficient (Wildman–Crippen LogP) is 4.19. The SMILES string of the molecule is CC(=O)N1CCC(Cc2cccc(-c3ccc(F)cc3)c2)(C(=O)NC(C)(C)C)C1. The molecule has 1 saturated heterocycles. The Morgan fingerprint density at radius 1 is 1.10 bits per heavy atom. The quantitative estimate of drug-likeness (QED) is 0.843. The zero-order valence-electron chi connectivity index (χ0n) is 17.6. The number of nitrogens with zero attached hydrogens (tertiary/aromatic N) is 1. The van der Waals surface area contributed by atoms with Gasteiger partial charge in [0.15, 0.2) is 0 Å². The lowest BCUT2D eigenvalue weighted by atomic mass is 9.78. The van der Waals surface area contributed by atoms with E-state index in [4.69, 9.17) is 0 Å². The van der Waals surface area contributed by atoms with Crippen LogP contribution < -0.4 is 5.32 Å². The minimum Gasteiger partial charge on any atom is -0.351 e. The van der Waals surface area contributed by atoms with Crippen molar-refractivity contribution in [3.8, 4) is 11.1 Å². The molecule has 2 amide bonds. The minimum absolute atomic E-state index is 0.00417. The van der Waals surface area contributed by atoms with Gasteiger partial charge in [0, 0.05) is 25.6 Å². The summed E-state index contributed by atoms with van der Waals surface area (Å²) >= 11 is 0. The molecule has 1 heterocycles. The number of rotatable bonds is 4. The standard InChI is InChI=1S/C24H29FN2O2/c1-17(28)27-13-12-24(16-27,22(29)26-23(2,3)4)15-18-6-5-7-20(14-18)19-8-10-21(25)11-9-19/h5-11,14H,12-13,15-16H2,1-4H3,(H,26,29). The van der Waals surface area contributed by atoms with E-state index in [0.29, 0.717) is 25.9 Å². The molecule has 0 spiro atoms. The number of benzene rings is 2. The van der Waals surface area contributed by atoms with Crippen molar-refractivity contribution in [1.29, 1.82) is 0 Å². The summed E-state index contributed by atoms with van der Waals surface area (Å²) in [5.74, 6) is -0.283. The van der Waals surface area contributed by atoms with Crippen LogP contribution in [0.2, 0.25) is 0 Å². The van der Waals surface area contributed by atoms with Crippen LogP contribution in [0.5, 0.6) is 0 Å². The van der Waals surface area contributed by atoms with E-state index < -0.39 is 5.41 Å². The summed E-state index contributed by atoms with van der Waals surface area (Å²) in [7, 11) is 0. The van der Waals surface area contributed by atoms with Gasteiger partial charge in [-0.25, -0.2) is 4.39 Å². The van der Waals surface area contributed by atoms with Crippen molar-refractivity contribution in [3.05, 3.63) is 59.9 Å². The highest BCUT2D eigenvalue weighted by Gasteiger charge is 2.46.